The monoisotopic (exact) mass is 406 g/mol. The van der Waals surface area contributed by atoms with Gasteiger partial charge in [-0.3, -0.25) is 4.79 Å². The smallest absolute Gasteiger partial charge is 0.243 e. The number of amides is 1. The zero-order chi connectivity index (χ0) is 19.9. The summed E-state index contributed by atoms with van der Waals surface area (Å²) in [5.41, 5.74) is -0.306. The molecule has 0 aromatic heterocycles. The normalized spacial score (nSPS) is 12.0. The van der Waals surface area contributed by atoms with Crippen LogP contribution in [0.1, 0.15) is 33.6 Å². The highest BCUT2D eigenvalue weighted by molar-refractivity contribution is 7.99. The molecule has 0 atom stereocenters. The van der Waals surface area contributed by atoms with Crippen LogP contribution in [0.4, 0.5) is 5.69 Å². The Morgan fingerprint density at radius 1 is 1.00 bits per heavy atom. The summed E-state index contributed by atoms with van der Waals surface area (Å²) in [6, 6.07) is 16.5. The second-order valence-electron chi connectivity index (χ2n) is 7.16. The number of carbonyl (C=O) groups is 1. The third-order valence-corrected chi connectivity index (χ3v) is 6.37. The molecule has 0 fully saturated rings. The van der Waals surface area contributed by atoms with Crippen molar-refractivity contribution < 1.29 is 13.2 Å². The molecule has 7 heteroatoms. The Kier molecular flexibility index (Phi) is 7.47. The van der Waals surface area contributed by atoms with Gasteiger partial charge in [0.15, 0.2) is 0 Å². The van der Waals surface area contributed by atoms with E-state index in [0.717, 1.165) is 5.75 Å². The lowest BCUT2D eigenvalue weighted by molar-refractivity contribution is -0.116. The summed E-state index contributed by atoms with van der Waals surface area (Å²) < 4.78 is 27.8. The van der Waals surface area contributed by atoms with Crippen molar-refractivity contribution in [1.82, 2.24) is 4.72 Å². The summed E-state index contributed by atoms with van der Waals surface area (Å²) in [6.45, 7) is 5.32. The lowest BCUT2D eigenvalue weighted by Gasteiger charge is -2.21. The summed E-state index contributed by atoms with van der Waals surface area (Å²) in [4.78, 5) is 13.5. The Bertz CT molecular complexity index is 860. The van der Waals surface area contributed by atoms with Crippen molar-refractivity contribution in [3.05, 3.63) is 54.6 Å². The number of para-hydroxylation sites is 1. The Morgan fingerprint density at radius 3 is 2.30 bits per heavy atom. The zero-order valence-electron chi connectivity index (χ0n) is 15.9. The second-order valence-corrected chi connectivity index (χ2v) is 9.98. The molecule has 27 heavy (non-hydrogen) atoms. The average molecular weight is 407 g/mol. The van der Waals surface area contributed by atoms with Crippen LogP contribution < -0.4 is 10.0 Å². The summed E-state index contributed by atoms with van der Waals surface area (Å²) in [5, 5.41) is 2.73. The van der Waals surface area contributed by atoms with Crippen molar-refractivity contribution in [2.75, 3.05) is 11.1 Å². The lowest BCUT2D eigenvalue weighted by Crippen LogP contribution is -2.40. The molecule has 0 radical (unpaired) electrons. The van der Waals surface area contributed by atoms with E-state index in [1.54, 1.807) is 50.7 Å². The second kappa shape index (κ2) is 9.39. The van der Waals surface area contributed by atoms with Crippen LogP contribution in [-0.4, -0.2) is 25.6 Å². The van der Waals surface area contributed by atoms with Gasteiger partial charge in [0.25, 0.3) is 0 Å². The standard InChI is InChI=1S/C20H26N2O3S2/c1-20(2,3)22-27(24,25)18-13-8-7-12-17(18)21-19(23)14-9-15-26-16-10-5-4-6-11-16/h4-8,10-13,22H,9,14-15H2,1-3H3,(H,21,23). The fourth-order valence-corrected chi connectivity index (χ4v) is 4.87. The summed E-state index contributed by atoms with van der Waals surface area (Å²) >= 11 is 1.70. The first-order valence-corrected chi connectivity index (χ1v) is 11.2. The van der Waals surface area contributed by atoms with Crippen molar-refractivity contribution in [3.63, 3.8) is 0 Å². The molecule has 2 N–H and O–H groups in total. The molecule has 0 spiro atoms. The number of thioether (sulfide) groups is 1. The Morgan fingerprint density at radius 2 is 1.63 bits per heavy atom. The quantitative estimate of drug-likeness (QED) is 0.507. The van der Waals surface area contributed by atoms with E-state index in [1.165, 1.54) is 11.0 Å². The van der Waals surface area contributed by atoms with E-state index in [4.69, 9.17) is 0 Å². The largest absolute Gasteiger partial charge is 0.325 e. The number of benzene rings is 2. The van der Waals surface area contributed by atoms with Crippen molar-refractivity contribution in [2.24, 2.45) is 0 Å². The molecule has 0 aliphatic carbocycles. The summed E-state index contributed by atoms with van der Waals surface area (Å²) in [6.07, 6.45) is 1.04. The Hall–Kier alpha value is -1.83. The predicted octanol–water partition coefficient (Wildman–Crippen LogP) is 4.27. The van der Waals surface area contributed by atoms with Crippen LogP contribution in [0, 0.1) is 0 Å². The molecule has 0 bridgehead atoms. The van der Waals surface area contributed by atoms with E-state index in [0.29, 0.717) is 18.5 Å². The lowest BCUT2D eigenvalue weighted by atomic mass is 10.1. The third-order valence-electron chi connectivity index (χ3n) is 3.45. The molecule has 0 aliphatic heterocycles. The van der Waals surface area contributed by atoms with Gasteiger partial charge in [0, 0.05) is 16.9 Å². The third kappa shape index (κ3) is 7.36. The molecule has 2 rings (SSSR count). The van der Waals surface area contributed by atoms with E-state index in [1.807, 2.05) is 30.3 Å². The van der Waals surface area contributed by atoms with Gasteiger partial charge < -0.3 is 5.32 Å². The van der Waals surface area contributed by atoms with E-state index < -0.39 is 15.6 Å². The van der Waals surface area contributed by atoms with Crippen molar-refractivity contribution >= 4 is 33.4 Å². The van der Waals surface area contributed by atoms with Crippen LogP contribution >= 0.6 is 11.8 Å². The van der Waals surface area contributed by atoms with E-state index in [9.17, 15) is 13.2 Å². The minimum absolute atomic E-state index is 0.0759. The van der Waals surface area contributed by atoms with Crippen molar-refractivity contribution in [1.29, 1.82) is 0 Å². The molecular weight excluding hydrogens is 380 g/mol. The molecule has 5 nitrogen and oxygen atoms in total. The molecule has 2 aromatic rings. The maximum absolute atomic E-state index is 12.6. The van der Waals surface area contributed by atoms with Crippen LogP contribution in [0.3, 0.4) is 0 Å². The first-order valence-electron chi connectivity index (χ1n) is 8.78. The predicted molar refractivity (Wildman–Crippen MR) is 112 cm³/mol. The number of hydrogen-bond acceptors (Lipinski definition) is 4. The highest BCUT2D eigenvalue weighted by atomic mass is 32.2. The topological polar surface area (TPSA) is 75.3 Å². The van der Waals surface area contributed by atoms with Gasteiger partial charge >= 0.3 is 0 Å². The fourth-order valence-electron chi connectivity index (χ4n) is 2.41. The van der Waals surface area contributed by atoms with Gasteiger partial charge in [0.1, 0.15) is 4.90 Å². The van der Waals surface area contributed by atoms with Gasteiger partial charge in [-0.15, -0.1) is 11.8 Å². The average Bonchev–Trinajstić information content (AvgIpc) is 2.58. The van der Waals surface area contributed by atoms with E-state index >= 15 is 0 Å². The Balaban J connectivity index is 1.94. The highest BCUT2D eigenvalue weighted by Crippen LogP contribution is 2.23. The van der Waals surface area contributed by atoms with Gasteiger partial charge in [-0.05, 0) is 57.2 Å². The number of sulfonamides is 1. The minimum Gasteiger partial charge on any atom is -0.325 e. The molecule has 0 saturated heterocycles. The zero-order valence-corrected chi connectivity index (χ0v) is 17.5. The van der Waals surface area contributed by atoms with Crippen LogP contribution in [0.5, 0.6) is 0 Å². The number of nitrogens with one attached hydrogen (secondary N) is 2. The van der Waals surface area contributed by atoms with Crippen LogP contribution in [-0.2, 0) is 14.8 Å². The van der Waals surface area contributed by atoms with Gasteiger partial charge in [-0.25, -0.2) is 13.1 Å². The first-order chi connectivity index (χ1) is 12.7. The molecule has 146 valence electrons. The van der Waals surface area contributed by atoms with E-state index in [-0.39, 0.29) is 10.8 Å². The molecule has 0 unspecified atom stereocenters. The van der Waals surface area contributed by atoms with Gasteiger partial charge in [-0.1, -0.05) is 30.3 Å². The van der Waals surface area contributed by atoms with Crippen molar-refractivity contribution in [3.8, 4) is 0 Å². The van der Waals surface area contributed by atoms with Crippen molar-refractivity contribution in [2.45, 2.75) is 48.9 Å². The number of carbonyl (C=O) groups excluding carboxylic acids is 1. The van der Waals surface area contributed by atoms with Gasteiger partial charge in [0.05, 0.1) is 5.69 Å². The molecule has 0 heterocycles. The minimum atomic E-state index is -3.72. The fraction of sp³-hybridized carbons (Fsp3) is 0.350. The molecular formula is C20H26N2O3S2. The molecule has 1 amide bonds. The molecule has 0 aliphatic rings. The van der Waals surface area contributed by atoms with Crippen LogP contribution in [0.25, 0.3) is 0 Å². The molecule has 2 aromatic carbocycles. The van der Waals surface area contributed by atoms with E-state index in [2.05, 4.69) is 10.0 Å². The van der Waals surface area contributed by atoms with Crippen LogP contribution in [0.15, 0.2) is 64.4 Å². The number of hydrogen-bond donors (Lipinski definition) is 2. The summed E-state index contributed by atoms with van der Waals surface area (Å²) in [7, 11) is -3.72. The van der Waals surface area contributed by atoms with Gasteiger partial charge in [-0.2, -0.15) is 0 Å². The SMILES string of the molecule is CC(C)(C)NS(=O)(=O)c1ccccc1NC(=O)CCCSc1ccccc1. The summed E-state index contributed by atoms with van der Waals surface area (Å²) in [5.74, 6) is 0.630. The molecule has 0 saturated carbocycles. The van der Waals surface area contributed by atoms with Crippen LogP contribution in [0.2, 0.25) is 0 Å². The number of anilines is 1. The maximum Gasteiger partial charge on any atom is 0.243 e. The first kappa shape index (κ1) is 21.5. The maximum atomic E-state index is 12.6. The highest BCUT2D eigenvalue weighted by Gasteiger charge is 2.24. The Labute approximate surface area is 166 Å². The van der Waals surface area contributed by atoms with Gasteiger partial charge in [0.2, 0.25) is 15.9 Å². The number of rotatable bonds is 8.